The van der Waals surface area contributed by atoms with E-state index in [4.69, 9.17) is 0 Å². The largest absolute Gasteiger partial charge is 0.573 e. The summed E-state index contributed by atoms with van der Waals surface area (Å²) in [5, 5.41) is 13.4. The Labute approximate surface area is 154 Å². The minimum Gasteiger partial charge on any atom is -0.476 e. The number of carboxylic acid groups (broad SMARTS) is 1. The summed E-state index contributed by atoms with van der Waals surface area (Å²) in [6.07, 6.45) is -3.09. The van der Waals surface area contributed by atoms with Gasteiger partial charge in [-0.15, -0.1) is 24.9 Å². The minimum atomic E-state index is -4.83. The van der Waals surface area contributed by atoms with Gasteiger partial charge in [0.2, 0.25) is 11.1 Å². The fourth-order valence-corrected chi connectivity index (χ4v) is 3.15. The Bertz CT molecular complexity index is 1080. The van der Waals surface area contributed by atoms with Crippen molar-refractivity contribution in [1.29, 1.82) is 0 Å². The summed E-state index contributed by atoms with van der Waals surface area (Å²) in [5.41, 5.74) is -0.799. The van der Waals surface area contributed by atoms with Gasteiger partial charge in [0.05, 0.1) is 16.6 Å². The van der Waals surface area contributed by atoms with Crippen molar-refractivity contribution in [3.8, 4) is 11.4 Å². The first-order valence-corrected chi connectivity index (χ1v) is 8.63. The molecule has 0 saturated heterocycles. The Kier molecular flexibility index (Phi) is 4.83. The lowest BCUT2D eigenvalue weighted by atomic mass is 10.2. The number of hydrogen-bond acceptors (Lipinski definition) is 5. The van der Waals surface area contributed by atoms with Gasteiger partial charge in [-0.05, 0) is 42.7 Å². The number of fused-ring (bicyclic) bond motifs is 1. The molecule has 0 aliphatic rings. The lowest BCUT2D eigenvalue weighted by Gasteiger charge is -2.14. The van der Waals surface area contributed by atoms with Gasteiger partial charge in [-0.3, -0.25) is 4.79 Å². The molecule has 0 bridgehead atoms. The second-order valence-electron chi connectivity index (χ2n) is 5.29. The molecule has 3 aromatic rings. The van der Waals surface area contributed by atoms with Gasteiger partial charge in [-0.1, -0.05) is 6.07 Å². The zero-order chi connectivity index (χ0) is 19.8. The van der Waals surface area contributed by atoms with Gasteiger partial charge < -0.3 is 9.84 Å². The molecule has 3 rings (SSSR count). The van der Waals surface area contributed by atoms with Crippen LogP contribution >= 0.6 is 11.8 Å². The van der Waals surface area contributed by atoms with E-state index in [-0.39, 0.29) is 11.1 Å². The number of nitrogens with zero attached hydrogens (tertiary/aromatic N) is 2. The smallest absolute Gasteiger partial charge is 0.476 e. The van der Waals surface area contributed by atoms with Crippen molar-refractivity contribution in [2.45, 2.75) is 11.3 Å². The van der Waals surface area contributed by atoms with Gasteiger partial charge in [0.15, 0.2) is 0 Å². The fraction of sp³-hybridized carbons (Fsp3) is 0.118. The van der Waals surface area contributed by atoms with Crippen molar-refractivity contribution < 1.29 is 27.8 Å². The van der Waals surface area contributed by atoms with E-state index in [0.29, 0.717) is 10.4 Å². The molecule has 140 valence electrons. The van der Waals surface area contributed by atoms with Gasteiger partial charge in [0.1, 0.15) is 5.75 Å². The van der Waals surface area contributed by atoms with Gasteiger partial charge in [-0.2, -0.15) is 5.10 Å². The SMILES string of the molecule is CSc1cccc2c1c(=O)c(C(=O)O)nn2-c1ccc(OC(F)(F)F)cc1. The highest BCUT2D eigenvalue weighted by atomic mass is 32.2. The second-order valence-corrected chi connectivity index (χ2v) is 6.14. The van der Waals surface area contributed by atoms with E-state index in [9.17, 15) is 27.9 Å². The van der Waals surface area contributed by atoms with Crippen LogP contribution in [0.15, 0.2) is 52.2 Å². The molecule has 0 aliphatic heterocycles. The molecule has 0 radical (unpaired) electrons. The predicted molar refractivity (Wildman–Crippen MR) is 92.8 cm³/mol. The minimum absolute atomic E-state index is 0.174. The van der Waals surface area contributed by atoms with Crippen LogP contribution in [0.25, 0.3) is 16.6 Å². The van der Waals surface area contributed by atoms with E-state index in [1.165, 1.54) is 28.6 Å². The van der Waals surface area contributed by atoms with Crippen molar-refractivity contribution in [3.05, 3.63) is 58.4 Å². The van der Waals surface area contributed by atoms with Crippen LogP contribution in [0, 0.1) is 0 Å². The first-order valence-electron chi connectivity index (χ1n) is 7.41. The zero-order valence-electron chi connectivity index (χ0n) is 13.6. The van der Waals surface area contributed by atoms with Crippen molar-refractivity contribution >= 4 is 28.6 Å². The lowest BCUT2D eigenvalue weighted by Crippen LogP contribution is -2.23. The van der Waals surface area contributed by atoms with Gasteiger partial charge in [-0.25, -0.2) is 9.48 Å². The quantitative estimate of drug-likeness (QED) is 0.678. The number of rotatable bonds is 4. The molecule has 0 saturated carbocycles. The van der Waals surface area contributed by atoms with E-state index in [0.717, 1.165) is 12.1 Å². The Morgan fingerprint density at radius 2 is 1.85 bits per heavy atom. The molecule has 2 aromatic carbocycles. The number of benzene rings is 2. The number of hydrogen-bond donors (Lipinski definition) is 1. The maximum atomic E-state index is 12.5. The number of aromatic carboxylic acids is 1. The maximum Gasteiger partial charge on any atom is 0.573 e. The first-order chi connectivity index (χ1) is 12.7. The van der Waals surface area contributed by atoms with Crippen molar-refractivity contribution in [2.24, 2.45) is 0 Å². The fourth-order valence-electron chi connectivity index (χ4n) is 2.54. The molecule has 1 heterocycles. The highest BCUT2D eigenvalue weighted by Crippen LogP contribution is 2.27. The van der Waals surface area contributed by atoms with Crippen LogP contribution in [0.5, 0.6) is 5.75 Å². The zero-order valence-corrected chi connectivity index (χ0v) is 14.5. The molecule has 0 fully saturated rings. The standard InChI is InChI=1S/C17H11F3N2O4S/c1-27-12-4-2-3-11-13(12)15(23)14(16(24)25)21-22(11)9-5-7-10(8-6-9)26-17(18,19)20/h2-8H,1H3,(H,24,25). The third-order valence-electron chi connectivity index (χ3n) is 3.61. The number of ether oxygens (including phenoxy) is 1. The van der Waals surface area contributed by atoms with Crippen molar-refractivity contribution in [1.82, 2.24) is 9.78 Å². The molecule has 0 atom stereocenters. The number of carboxylic acids is 1. The summed E-state index contributed by atoms with van der Waals surface area (Å²) < 4.78 is 41.9. The molecule has 1 aromatic heterocycles. The van der Waals surface area contributed by atoms with Crippen LogP contribution in [0.2, 0.25) is 0 Å². The molecule has 27 heavy (non-hydrogen) atoms. The molecule has 0 amide bonds. The number of alkyl halides is 3. The van der Waals surface area contributed by atoms with Crippen LogP contribution in [-0.4, -0.2) is 33.5 Å². The molecule has 1 N–H and O–H groups in total. The Morgan fingerprint density at radius 1 is 1.19 bits per heavy atom. The van der Waals surface area contributed by atoms with Gasteiger partial charge in [0, 0.05) is 4.90 Å². The van der Waals surface area contributed by atoms with E-state index in [1.807, 2.05) is 0 Å². The van der Waals surface area contributed by atoms with Crippen LogP contribution in [0.4, 0.5) is 13.2 Å². The number of aromatic nitrogens is 2. The normalized spacial score (nSPS) is 11.6. The first kappa shape index (κ1) is 18.8. The second kappa shape index (κ2) is 6.95. The highest BCUT2D eigenvalue weighted by Gasteiger charge is 2.31. The molecule has 10 heteroatoms. The van der Waals surface area contributed by atoms with Gasteiger partial charge >= 0.3 is 12.3 Å². The lowest BCUT2D eigenvalue weighted by molar-refractivity contribution is -0.274. The van der Waals surface area contributed by atoms with Crippen LogP contribution in [0.3, 0.4) is 0 Å². The topological polar surface area (TPSA) is 81.4 Å². The summed E-state index contributed by atoms with van der Waals surface area (Å²) in [7, 11) is 0. The average molecular weight is 396 g/mol. The maximum absolute atomic E-state index is 12.5. The Hall–Kier alpha value is -3.01. The summed E-state index contributed by atoms with van der Waals surface area (Å²) in [6.45, 7) is 0. The van der Waals surface area contributed by atoms with Gasteiger partial charge in [0.25, 0.3) is 0 Å². The molecule has 0 unspecified atom stereocenters. The summed E-state index contributed by atoms with van der Waals surface area (Å²) in [5.74, 6) is -1.93. The summed E-state index contributed by atoms with van der Waals surface area (Å²) in [6, 6.07) is 9.65. The van der Waals surface area contributed by atoms with Crippen LogP contribution < -0.4 is 10.2 Å². The molecule has 0 aliphatic carbocycles. The summed E-state index contributed by atoms with van der Waals surface area (Å²) >= 11 is 1.27. The Morgan fingerprint density at radius 3 is 2.41 bits per heavy atom. The predicted octanol–water partition coefficient (Wildman–Crippen LogP) is 3.70. The molecular formula is C17H11F3N2O4S. The highest BCUT2D eigenvalue weighted by molar-refractivity contribution is 7.98. The monoisotopic (exact) mass is 396 g/mol. The van der Waals surface area contributed by atoms with Crippen molar-refractivity contribution in [3.63, 3.8) is 0 Å². The number of thioether (sulfide) groups is 1. The molecule has 6 nitrogen and oxygen atoms in total. The Balaban J connectivity index is 2.24. The van der Waals surface area contributed by atoms with Crippen molar-refractivity contribution in [2.75, 3.05) is 6.26 Å². The average Bonchev–Trinajstić information content (AvgIpc) is 2.61. The number of carbonyl (C=O) groups is 1. The summed E-state index contributed by atoms with van der Waals surface area (Å²) in [4.78, 5) is 24.5. The van der Waals surface area contributed by atoms with Crippen LogP contribution in [0.1, 0.15) is 10.5 Å². The van der Waals surface area contributed by atoms with E-state index in [1.54, 1.807) is 24.5 Å². The molecule has 0 spiro atoms. The van der Waals surface area contributed by atoms with Crippen LogP contribution in [-0.2, 0) is 0 Å². The van der Waals surface area contributed by atoms with E-state index in [2.05, 4.69) is 9.84 Å². The molecular weight excluding hydrogens is 385 g/mol. The third kappa shape index (κ3) is 3.75. The van der Waals surface area contributed by atoms with E-state index >= 15 is 0 Å². The van der Waals surface area contributed by atoms with E-state index < -0.39 is 29.2 Å². The third-order valence-corrected chi connectivity index (χ3v) is 4.39. The number of halogens is 3.